The van der Waals surface area contributed by atoms with Crippen molar-refractivity contribution >= 4 is 33.3 Å². The molecule has 1 aromatic carbocycles. The Balaban J connectivity index is 2.45. The molecule has 1 aliphatic heterocycles. The lowest BCUT2D eigenvalue weighted by atomic mass is 9.87. The van der Waals surface area contributed by atoms with Crippen LogP contribution in [0.2, 0.25) is 0 Å². The normalized spacial score (nSPS) is 19.4. The van der Waals surface area contributed by atoms with Crippen LogP contribution in [-0.2, 0) is 20.2 Å². The van der Waals surface area contributed by atoms with Gasteiger partial charge >= 0.3 is 0 Å². The quantitative estimate of drug-likeness (QED) is 0.847. The number of carbonyl (C=O) groups excluding carboxylic acids is 1. The zero-order chi connectivity index (χ0) is 17.6. The van der Waals surface area contributed by atoms with Gasteiger partial charge in [0.25, 0.3) is 10.0 Å². The highest BCUT2D eigenvalue weighted by molar-refractivity contribution is 7.91. The van der Waals surface area contributed by atoms with Crippen LogP contribution < -0.4 is 5.32 Å². The molecule has 1 amide bonds. The molecule has 7 heteroatoms. The maximum absolute atomic E-state index is 12.9. The van der Waals surface area contributed by atoms with E-state index in [9.17, 15) is 13.2 Å². The molecule has 2 rings (SSSR count). The maximum atomic E-state index is 12.9. The summed E-state index contributed by atoms with van der Waals surface area (Å²) < 4.78 is 26.9. The minimum Gasteiger partial charge on any atom is -0.300 e. The first-order chi connectivity index (χ1) is 10.5. The van der Waals surface area contributed by atoms with E-state index in [-0.39, 0.29) is 27.2 Å². The number of carbonyl (C=O) groups is 1. The minimum absolute atomic E-state index is 0.0615. The molecule has 0 bridgehead atoms. The lowest BCUT2D eigenvalue weighted by Crippen LogP contribution is -2.43. The van der Waals surface area contributed by atoms with Crippen LogP contribution in [0.15, 0.2) is 29.2 Å². The summed E-state index contributed by atoms with van der Waals surface area (Å²) in [5.41, 5.74) is 0.971. The molecule has 1 fully saturated rings. The van der Waals surface area contributed by atoms with Gasteiger partial charge in [-0.1, -0.05) is 46.8 Å². The van der Waals surface area contributed by atoms with E-state index >= 15 is 0 Å². The highest BCUT2D eigenvalue weighted by atomic mass is 32.2. The fourth-order valence-corrected chi connectivity index (χ4v) is 4.66. The van der Waals surface area contributed by atoms with Gasteiger partial charge in [-0.05, 0) is 41.2 Å². The van der Waals surface area contributed by atoms with Crippen molar-refractivity contribution < 1.29 is 13.2 Å². The van der Waals surface area contributed by atoms with Gasteiger partial charge in [-0.15, -0.1) is 0 Å². The van der Waals surface area contributed by atoms with Crippen molar-refractivity contribution in [1.82, 2.24) is 9.62 Å². The molecule has 0 aromatic heterocycles. The number of rotatable bonds is 3. The highest BCUT2D eigenvalue weighted by Crippen LogP contribution is 2.28. The topological polar surface area (TPSA) is 66.5 Å². The standard InChI is InChI=1S/C16H22N2O3S2/c1-10(2)13-14(19)17-15(22)18(13)23(20,21)12-8-6-11(7-9-12)16(3,4)5/h6-10,13H,1-5H3,(H,17,19,22)/t13-/m0/s1. The summed E-state index contributed by atoms with van der Waals surface area (Å²) in [5.74, 6) is -0.557. The van der Waals surface area contributed by atoms with E-state index in [1.54, 1.807) is 38.1 Å². The molecule has 5 nitrogen and oxygen atoms in total. The molecule has 126 valence electrons. The average molecular weight is 354 g/mol. The highest BCUT2D eigenvalue weighted by Gasteiger charge is 2.45. The van der Waals surface area contributed by atoms with Crippen LogP contribution >= 0.6 is 12.2 Å². The summed E-state index contributed by atoms with van der Waals surface area (Å²) in [5, 5.41) is 2.39. The van der Waals surface area contributed by atoms with E-state index in [0.717, 1.165) is 9.87 Å². The fourth-order valence-electron chi connectivity index (χ4n) is 2.54. The molecular weight excluding hydrogens is 332 g/mol. The van der Waals surface area contributed by atoms with Crippen LogP contribution in [0.5, 0.6) is 0 Å². The third-order valence-electron chi connectivity index (χ3n) is 3.86. The molecule has 0 radical (unpaired) electrons. The number of hydrogen-bond donors (Lipinski definition) is 1. The number of nitrogens with one attached hydrogen (secondary N) is 1. The molecule has 1 atom stereocenters. The van der Waals surface area contributed by atoms with Crippen molar-refractivity contribution in [2.75, 3.05) is 0 Å². The van der Waals surface area contributed by atoms with Crippen molar-refractivity contribution in [2.45, 2.75) is 51.0 Å². The molecule has 0 aliphatic carbocycles. The molecule has 1 aromatic rings. The minimum atomic E-state index is -3.87. The van der Waals surface area contributed by atoms with Crippen LogP contribution in [0.1, 0.15) is 40.2 Å². The van der Waals surface area contributed by atoms with Crippen molar-refractivity contribution in [3.63, 3.8) is 0 Å². The van der Waals surface area contributed by atoms with Gasteiger partial charge in [-0.2, -0.15) is 0 Å². The van der Waals surface area contributed by atoms with Gasteiger partial charge in [0.05, 0.1) is 4.90 Å². The van der Waals surface area contributed by atoms with Crippen molar-refractivity contribution in [1.29, 1.82) is 0 Å². The van der Waals surface area contributed by atoms with Crippen LogP contribution in [-0.4, -0.2) is 29.8 Å². The Kier molecular flexibility index (Phi) is 4.56. The molecular formula is C16H22N2O3S2. The van der Waals surface area contributed by atoms with E-state index < -0.39 is 16.1 Å². The van der Waals surface area contributed by atoms with E-state index in [2.05, 4.69) is 26.1 Å². The number of amides is 1. The van der Waals surface area contributed by atoms with Gasteiger partial charge < -0.3 is 5.32 Å². The third kappa shape index (κ3) is 3.26. The Morgan fingerprint density at radius 2 is 1.70 bits per heavy atom. The Hall–Kier alpha value is -1.47. The molecule has 1 heterocycles. The van der Waals surface area contributed by atoms with Gasteiger partial charge in [0.2, 0.25) is 5.91 Å². The monoisotopic (exact) mass is 354 g/mol. The largest absolute Gasteiger partial charge is 0.300 e. The second kappa shape index (κ2) is 5.87. The molecule has 0 unspecified atom stereocenters. The molecule has 0 saturated carbocycles. The second-order valence-corrected chi connectivity index (χ2v) is 9.26. The lowest BCUT2D eigenvalue weighted by Gasteiger charge is -2.26. The molecule has 1 saturated heterocycles. The zero-order valence-corrected chi connectivity index (χ0v) is 15.6. The Morgan fingerprint density at radius 3 is 2.13 bits per heavy atom. The fraction of sp³-hybridized carbons (Fsp3) is 0.500. The number of thiocarbonyl (C=S) groups is 1. The van der Waals surface area contributed by atoms with Crippen LogP contribution in [0.25, 0.3) is 0 Å². The number of nitrogens with zero attached hydrogens (tertiary/aromatic N) is 1. The third-order valence-corrected chi connectivity index (χ3v) is 6.07. The molecule has 0 spiro atoms. The van der Waals surface area contributed by atoms with Crippen molar-refractivity contribution in [2.24, 2.45) is 5.92 Å². The second-order valence-electron chi connectivity index (χ2n) is 7.06. The number of hydrogen-bond acceptors (Lipinski definition) is 4. The molecule has 23 heavy (non-hydrogen) atoms. The SMILES string of the molecule is CC(C)[C@H]1C(=O)NC(=S)N1S(=O)(=O)c1ccc(C(C)(C)C)cc1. The summed E-state index contributed by atoms with van der Waals surface area (Å²) in [7, 11) is -3.87. The number of sulfonamides is 1. The van der Waals surface area contributed by atoms with Crippen LogP contribution in [0, 0.1) is 5.92 Å². The van der Waals surface area contributed by atoms with E-state index in [1.165, 1.54) is 0 Å². The summed E-state index contributed by atoms with van der Waals surface area (Å²) in [6.45, 7) is 9.77. The van der Waals surface area contributed by atoms with Crippen LogP contribution in [0.3, 0.4) is 0 Å². The van der Waals surface area contributed by atoms with Gasteiger partial charge in [-0.3, -0.25) is 4.79 Å². The van der Waals surface area contributed by atoms with Gasteiger partial charge in [0.1, 0.15) is 6.04 Å². The van der Waals surface area contributed by atoms with Crippen LogP contribution in [0.4, 0.5) is 0 Å². The zero-order valence-electron chi connectivity index (χ0n) is 14.0. The van der Waals surface area contributed by atoms with Crippen molar-refractivity contribution in [3.05, 3.63) is 29.8 Å². The summed E-state index contributed by atoms with van der Waals surface area (Å²) >= 11 is 5.06. The summed E-state index contributed by atoms with van der Waals surface area (Å²) in [4.78, 5) is 12.1. The summed E-state index contributed by atoms with van der Waals surface area (Å²) in [6, 6.07) is 5.92. The van der Waals surface area contributed by atoms with E-state index in [0.29, 0.717) is 0 Å². The molecule has 1 N–H and O–H groups in total. The Labute approximate surface area is 143 Å². The van der Waals surface area contributed by atoms with E-state index in [4.69, 9.17) is 12.2 Å². The predicted octanol–water partition coefficient (Wildman–Crippen LogP) is 2.41. The summed E-state index contributed by atoms with van der Waals surface area (Å²) in [6.07, 6.45) is 0. The van der Waals surface area contributed by atoms with Gasteiger partial charge in [0, 0.05) is 0 Å². The average Bonchev–Trinajstić information content (AvgIpc) is 2.73. The number of benzene rings is 1. The first kappa shape index (κ1) is 17.9. The molecule has 1 aliphatic rings. The van der Waals surface area contributed by atoms with Gasteiger partial charge in [-0.25, -0.2) is 12.7 Å². The Bertz CT molecular complexity index is 732. The lowest BCUT2D eigenvalue weighted by molar-refractivity contribution is -0.121. The maximum Gasteiger partial charge on any atom is 0.266 e. The van der Waals surface area contributed by atoms with Crippen molar-refractivity contribution in [3.8, 4) is 0 Å². The first-order valence-corrected chi connectivity index (χ1v) is 9.31. The first-order valence-electron chi connectivity index (χ1n) is 7.46. The van der Waals surface area contributed by atoms with Gasteiger partial charge in [0.15, 0.2) is 5.11 Å². The predicted molar refractivity (Wildman–Crippen MR) is 93.5 cm³/mol. The smallest absolute Gasteiger partial charge is 0.266 e. The van der Waals surface area contributed by atoms with E-state index in [1.807, 2.05) is 0 Å². The Morgan fingerprint density at radius 1 is 1.17 bits per heavy atom.